The summed E-state index contributed by atoms with van der Waals surface area (Å²) < 4.78 is 10.4. The van der Waals surface area contributed by atoms with Crippen molar-refractivity contribution in [2.24, 2.45) is 11.7 Å². The number of rotatable bonds is 5. The zero-order chi connectivity index (χ0) is 9.52. The van der Waals surface area contributed by atoms with Gasteiger partial charge in [-0.15, -0.1) is 0 Å². The molecule has 2 unspecified atom stereocenters. The van der Waals surface area contributed by atoms with E-state index >= 15 is 0 Å². The maximum Gasteiger partial charge on any atom is 0.0509 e. The smallest absolute Gasteiger partial charge is 0.0509 e. The molecule has 1 heterocycles. The highest BCUT2D eigenvalue weighted by atomic mass is 16.5. The van der Waals surface area contributed by atoms with Crippen LogP contribution in [0.15, 0.2) is 0 Å². The highest BCUT2D eigenvalue weighted by Crippen LogP contribution is 2.18. The molecule has 2 N–H and O–H groups in total. The van der Waals surface area contributed by atoms with Crippen LogP contribution in [-0.2, 0) is 9.47 Å². The third-order valence-corrected chi connectivity index (χ3v) is 2.71. The predicted octanol–water partition coefficient (Wildman–Crippen LogP) is 1.17. The van der Waals surface area contributed by atoms with Gasteiger partial charge in [-0.25, -0.2) is 0 Å². The molecule has 1 rings (SSSR count). The molecule has 13 heavy (non-hydrogen) atoms. The van der Waals surface area contributed by atoms with Gasteiger partial charge in [0.25, 0.3) is 0 Å². The van der Waals surface area contributed by atoms with E-state index in [2.05, 4.69) is 0 Å². The molecule has 1 aliphatic rings. The Balaban J connectivity index is 2.05. The Kier molecular flexibility index (Phi) is 5.35. The molecule has 0 aromatic carbocycles. The lowest BCUT2D eigenvalue weighted by atomic mass is 9.91. The average Bonchev–Trinajstić information content (AvgIpc) is 2.15. The van der Waals surface area contributed by atoms with Crippen LogP contribution < -0.4 is 5.73 Å². The van der Waals surface area contributed by atoms with Crippen molar-refractivity contribution in [1.82, 2.24) is 0 Å². The van der Waals surface area contributed by atoms with Crippen molar-refractivity contribution in [3.05, 3.63) is 0 Å². The van der Waals surface area contributed by atoms with Crippen LogP contribution in [0, 0.1) is 5.92 Å². The molecule has 3 nitrogen and oxygen atoms in total. The minimum Gasteiger partial charge on any atom is -0.385 e. The minimum absolute atomic E-state index is 0.358. The van der Waals surface area contributed by atoms with Gasteiger partial charge in [0.2, 0.25) is 0 Å². The van der Waals surface area contributed by atoms with Gasteiger partial charge in [-0.3, -0.25) is 0 Å². The van der Waals surface area contributed by atoms with Crippen molar-refractivity contribution in [3.8, 4) is 0 Å². The summed E-state index contributed by atoms with van der Waals surface area (Å²) in [5.74, 6) is 0.575. The first kappa shape index (κ1) is 11.0. The highest BCUT2D eigenvalue weighted by molar-refractivity contribution is 4.76. The SMILES string of the molecule is COCCCCC1COCCC1N. The molecule has 0 aromatic heterocycles. The lowest BCUT2D eigenvalue weighted by Crippen LogP contribution is -2.38. The molecule has 1 aliphatic heterocycles. The van der Waals surface area contributed by atoms with E-state index in [9.17, 15) is 0 Å². The second-order valence-corrected chi connectivity index (χ2v) is 3.78. The maximum atomic E-state index is 5.98. The fourth-order valence-electron chi connectivity index (χ4n) is 1.76. The fraction of sp³-hybridized carbons (Fsp3) is 1.00. The van der Waals surface area contributed by atoms with Crippen molar-refractivity contribution in [3.63, 3.8) is 0 Å². The Morgan fingerprint density at radius 2 is 2.31 bits per heavy atom. The molecule has 0 amide bonds. The van der Waals surface area contributed by atoms with E-state index in [0.717, 1.165) is 32.7 Å². The van der Waals surface area contributed by atoms with E-state index in [1.807, 2.05) is 0 Å². The summed E-state index contributed by atoms with van der Waals surface area (Å²) in [5.41, 5.74) is 5.98. The Bertz CT molecular complexity index is 130. The molecule has 2 atom stereocenters. The molecule has 78 valence electrons. The quantitative estimate of drug-likeness (QED) is 0.657. The average molecular weight is 187 g/mol. The first-order valence-electron chi connectivity index (χ1n) is 5.17. The van der Waals surface area contributed by atoms with E-state index in [1.54, 1.807) is 7.11 Å². The first-order valence-corrected chi connectivity index (χ1v) is 5.17. The number of nitrogens with two attached hydrogens (primary N) is 1. The standard InChI is InChI=1S/C10H21NO2/c1-12-6-3-2-4-9-8-13-7-5-10(9)11/h9-10H,2-8,11H2,1H3. The fourth-order valence-corrected chi connectivity index (χ4v) is 1.76. The van der Waals surface area contributed by atoms with E-state index in [1.165, 1.54) is 12.8 Å². The van der Waals surface area contributed by atoms with Crippen molar-refractivity contribution in [2.45, 2.75) is 31.7 Å². The molecular weight excluding hydrogens is 166 g/mol. The summed E-state index contributed by atoms with van der Waals surface area (Å²) in [6, 6.07) is 0.358. The molecule has 0 spiro atoms. The van der Waals surface area contributed by atoms with Crippen LogP contribution in [0.25, 0.3) is 0 Å². The molecule has 0 aromatic rings. The van der Waals surface area contributed by atoms with E-state index in [4.69, 9.17) is 15.2 Å². The van der Waals surface area contributed by atoms with Crippen LogP contribution in [0.3, 0.4) is 0 Å². The predicted molar refractivity (Wildman–Crippen MR) is 52.6 cm³/mol. The van der Waals surface area contributed by atoms with Gasteiger partial charge in [0.05, 0.1) is 6.61 Å². The van der Waals surface area contributed by atoms with Gasteiger partial charge >= 0.3 is 0 Å². The molecule has 0 aliphatic carbocycles. The van der Waals surface area contributed by atoms with Crippen molar-refractivity contribution >= 4 is 0 Å². The summed E-state index contributed by atoms with van der Waals surface area (Å²) in [5, 5.41) is 0. The second kappa shape index (κ2) is 6.35. The molecular formula is C10H21NO2. The second-order valence-electron chi connectivity index (χ2n) is 3.78. The Labute approximate surface area is 80.6 Å². The van der Waals surface area contributed by atoms with Gasteiger partial charge in [0, 0.05) is 26.4 Å². The van der Waals surface area contributed by atoms with Crippen molar-refractivity contribution in [2.75, 3.05) is 26.9 Å². The number of hydrogen-bond donors (Lipinski definition) is 1. The number of unbranched alkanes of at least 4 members (excludes halogenated alkanes) is 1. The lowest BCUT2D eigenvalue weighted by Gasteiger charge is -2.28. The number of methoxy groups -OCH3 is 1. The molecule has 0 radical (unpaired) electrons. The van der Waals surface area contributed by atoms with Crippen LogP contribution in [0.5, 0.6) is 0 Å². The van der Waals surface area contributed by atoms with Crippen molar-refractivity contribution < 1.29 is 9.47 Å². The normalized spacial score (nSPS) is 29.1. The highest BCUT2D eigenvalue weighted by Gasteiger charge is 2.21. The largest absolute Gasteiger partial charge is 0.385 e. The first-order chi connectivity index (χ1) is 6.34. The Morgan fingerprint density at radius 1 is 1.46 bits per heavy atom. The van der Waals surface area contributed by atoms with Gasteiger partial charge in [-0.1, -0.05) is 6.42 Å². The van der Waals surface area contributed by atoms with E-state index in [-0.39, 0.29) is 0 Å². The third-order valence-electron chi connectivity index (χ3n) is 2.71. The van der Waals surface area contributed by atoms with E-state index in [0.29, 0.717) is 12.0 Å². The zero-order valence-corrected chi connectivity index (χ0v) is 8.50. The summed E-state index contributed by atoms with van der Waals surface area (Å²) in [7, 11) is 1.75. The van der Waals surface area contributed by atoms with Crippen LogP contribution >= 0.6 is 0 Å². The minimum atomic E-state index is 0.358. The zero-order valence-electron chi connectivity index (χ0n) is 8.50. The maximum absolute atomic E-state index is 5.98. The van der Waals surface area contributed by atoms with Crippen LogP contribution in [-0.4, -0.2) is 33.0 Å². The lowest BCUT2D eigenvalue weighted by molar-refractivity contribution is 0.0371. The number of ether oxygens (including phenoxy) is 2. The molecule has 1 fully saturated rings. The monoisotopic (exact) mass is 187 g/mol. The third kappa shape index (κ3) is 4.07. The number of hydrogen-bond acceptors (Lipinski definition) is 3. The molecule has 3 heteroatoms. The summed E-state index contributed by atoms with van der Waals surface area (Å²) in [4.78, 5) is 0. The molecule has 1 saturated heterocycles. The van der Waals surface area contributed by atoms with Crippen LogP contribution in [0.1, 0.15) is 25.7 Å². The van der Waals surface area contributed by atoms with Crippen LogP contribution in [0.4, 0.5) is 0 Å². The van der Waals surface area contributed by atoms with E-state index < -0.39 is 0 Å². The van der Waals surface area contributed by atoms with Gasteiger partial charge in [0.1, 0.15) is 0 Å². The Hall–Kier alpha value is -0.120. The van der Waals surface area contributed by atoms with Gasteiger partial charge in [-0.05, 0) is 25.2 Å². The van der Waals surface area contributed by atoms with Gasteiger partial charge < -0.3 is 15.2 Å². The topological polar surface area (TPSA) is 44.5 Å². The summed E-state index contributed by atoms with van der Waals surface area (Å²) in [6.45, 7) is 2.56. The van der Waals surface area contributed by atoms with Crippen molar-refractivity contribution in [1.29, 1.82) is 0 Å². The Morgan fingerprint density at radius 3 is 3.00 bits per heavy atom. The van der Waals surface area contributed by atoms with Gasteiger partial charge in [-0.2, -0.15) is 0 Å². The summed E-state index contributed by atoms with van der Waals surface area (Å²) >= 11 is 0. The van der Waals surface area contributed by atoms with Gasteiger partial charge in [0.15, 0.2) is 0 Å². The molecule has 0 bridgehead atoms. The molecule has 0 saturated carbocycles. The summed E-state index contributed by atoms with van der Waals surface area (Å²) in [6.07, 6.45) is 4.55. The van der Waals surface area contributed by atoms with Crippen LogP contribution in [0.2, 0.25) is 0 Å².